The number of carbonyl (C=O) groups is 2. The van der Waals surface area contributed by atoms with Gasteiger partial charge in [0.05, 0.1) is 36.7 Å². The minimum absolute atomic E-state index is 0.00314. The van der Waals surface area contributed by atoms with Crippen molar-refractivity contribution in [3.8, 4) is 17.3 Å². The predicted octanol–water partition coefficient (Wildman–Crippen LogP) is 2.64. The van der Waals surface area contributed by atoms with E-state index in [-0.39, 0.29) is 43.8 Å². The van der Waals surface area contributed by atoms with Crippen LogP contribution in [0.5, 0.6) is 0 Å². The first kappa shape index (κ1) is 31.8. The van der Waals surface area contributed by atoms with Crippen molar-refractivity contribution < 1.29 is 27.6 Å². The molecule has 0 bridgehead atoms. The number of aromatic nitrogens is 4. The first-order valence-electron chi connectivity index (χ1n) is 14.7. The first-order valence-corrected chi connectivity index (χ1v) is 16.3. The number of carbonyl (C=O) groups excluding carboxylic acids is 2. The number of sulfonamides is 1. The molecule has 0 aliphatic carbocycles. The molecule has 2 aliphatic rings. The number of rotatable bonds is 11. The Bertz CT molecular complexity index is 1660. The summed E-state index contributed by atoms with van der Waals surface area (Å²) in [6, 6.07) is 10.8. The molecule has 0 atom stereocenters. The summed E-state index contributed by atoms with van der Waals surface area (Å²) in [5.74, 6) is 0.144. The number of anilines is 2. The van der Waals surface area contributed by atoms with Gasteiger partial charge in [-0.15, -0.1) is 5.06 Å². The minimum atomic E-state index is -3.35. The van der Waals surface area contributed by atoms with Gasteiger partial charge in [-0.3, -0.25) is 9.48 Å². The summed E-state index contributed by atoms with van der Waals surface area (Å²) in [5.41, 5.74) is 1.74. The van der Waals surface area contributed by atoms with Crippen LogP contribution in [0.3, 0.4) is 0 Å². The van der Waals surface area contributed by atoms with Crippen molar-refractivity contribution in [3.05, 3.63) is 54.5 Å². The standard InChI is InChI=1S/C29H35N9O6S/c1-3-43-28(40)44-36-15-10-24(11-16-36)33-26(39)21-5-7-23(8-6-21)34-27-31-14-9-25(35-27)22-17-32-38(18-22)29(12-13-30)19-37(20-29)45(41,42)4-2/h5-9,14,17-18,24H,3-4,10-12,15-16,19-20H2,1-2H3,(H,33,39)(H,31,34,35). The van der Waals surface area contributed by atoms with Crippen LogP contribution in [-0.2, 0) is 25.1 Å². The van der Waals surface area contributed by atoms with E-state index in [9.17, 15) is 23.3 Å². The Morgan fingerprint density at radius 2 is 1.87 bits per heavy atom. The molecule has 238 valence electrons. The highest BCUT2D eigenvalue weighted by atomic mass is 32.2. The zero-order valence-corrected chi connectivity index (χ0v) is 25.9. The van der Waals surface area contributed by atoms with E-state index in [2.05, 4.69) is 31.8 Å². The van der Waals surface area contributed by atoms with Gasteiger partial charge in [0.25, 0.3) is 5.91 Å². The molecule has 0 spiro atoms. The summed E-state index contributed by atoms with van der Waals surface area (Å²) >= 11 is 0. The van der Waals surface area contributed by atoms with E-state index >= 15 is 0 Å². The molecule has 2 N–H and O–H groups in total. The summed E-state index contributed by atoms with van der Waals surface area (Å²) in [6.45, 7) is 4.91. The predicted molar refractivity (Wildman–Crippen MR) is 162 cm³/mol. The molecule has 3 aromatic rings. The lowest BCUT2D eigenvalue weighted by molar-refractivity contribution is -0.139. The number of hydroxylamine groups is 2. The van der Waals surface area contributed by atoms with E-state index < -0.39 is 21.7 Å². The Hall–Kier alpha value is -4.59. The molecule has 2 aliphatic heterocycles. The topological polar surface area (TPSA) is 185 Å². The largest absolute Gasteiger partial charge is 0.527 e. The molecule has 1 aromatic carbocycles. The molecule has 4 heterocycles. The van der Waals surface area contributed by atoms with Crippen LogP contribution in [0.25, 0.3) is 11.3 Å². The van der Waals surface area contributed by atoms with E-state index in [1.165, 1.54) is 4.31 Å². The van der Waals surface area contributed by atoms with Crippen molar-refractivity contribution in [3.63, 3.8) is 0 Å². The van der Waals surface area contributed by atoms with Crippen LogP contribution < -0.4 is 10.6 Å². The van der Waals surface area contributed by atoms with Crippen LogP contribution in [0.4, 0.5) is 16.4 Å². The Balaban J connectivity index is 1.17. The first-order chi connectivity index (χ1) is 21.6. The van der Waals surface area contributed by atoms with Crippen LogP contribution in [0, 0.1) is 11.3 Å². The number of nitrogens with zero attached hydrogens (tertiary/aromatic N) is 7. The summed E-state index contributed by atoms with van der Waals surface area (Å²) in [4.78, 5) is 38.3. The Labute approximate surface area is 261 Å². The molecule has 2 fully saturated rings. The third-order valence-corrected chi connectivity index (χ3v) is 9.56. The van der Waals surface area contributed by atoms with Gasteiger partial charge in [0.2, 0.25) is 16.0 Å². The second-order valence-corrected chi connectivity index (χ2v) is 13.1. The second kappa shape index (κ2) is 13.6. The van der Waals surface area contributed by atoms with Crippen LogP contribution in [0.2, 0.25) is 0 Å². The number of hydrogen-bond acceptors (Lipinski definition) is 12. The van der Waals surface area contributed by atoms with Gasteiger partial charge < -0.3 is 20.2 Å². The summed E-state index contributed by atoms with van der Waals surface area (Å²) in [7, 11) is -3.35. The van der Waals surface area contributed by atoms with E-state index in [1.807, 2.05) is 0 Å². The molecule has 45 heavy (non-hydrogen) atoms. The zero-order valence-electron chi connectivity index (χ0n) is 25.0. The van der Waals surface area contributed by atoms with E-state index in [0.717, 1.165) is 0 Å². The van der Waals surface area contributed by atoms with E-state index in [4.69, 9.17) is 9.57 Å². The quantitative estimate of drug-likeness (QED) is 0.293. The van der Waals surface area contributed by atoms with Crippen molar-refractivity contribution in [2.75, 3.05) is 43.9 Å². The van der Waals surface area contributed by atoms with Gasteiger partial charge in [-0.1, -0.05) is 0 Å². The highest BCUT2D eigenvalue weighted by molar-refractivity contribution is 7.89. The van der Waals surface area contributed by atoms with Crippen molar-refractivity contribution >= 4 is 33.7 Å². The number of nitriles is 1. The molecule has 5 rings (SSSR count). The maximum absolute atomic E-state index is 12.8. The fourth-order valence-electron chi connectivity index (χ4n) is 5.21. The molecule has 16 heteroatoms. The molecular formula is C29H35N9O6S. The van der Waals surface area contributed by atoms with Gasteiger partial charge in [-0.05, 0) is 57.0 Å². The molecule has 0 unspecified atom stereocenters. The third-order valence-electron chi connectivity index (χ3n) is 7.79. The Kier molecular flexibility index (Phi) is 9.61. The van der Waals surface area contributed by atoms with Gasteiger partial charge in [0, 0.05) is 61.4 Å². The van der Waals surface area contributed by atoms with E-state index in [1.54, 1.807) is 72.5 Å². The number of benzene rings is 1. The SMILES string of the molecule is CCOC(=O)ON1CCC(NC(=O)c2ccc(Nc3nccc(-c4cnn(C5(CC#N)CN(S(=O)(=O)CC)C5)c4)n3)cc2)CC1. The van der Waals surface area contributed by atoms with Gasteiger partial charge in [-0.2, -0.15) is 14.7 Å². The molecule has 1 amide bonds. The number of ether oxygens (including phenoxy) is 1. The Morgan fingerprint density at radius 3 is 2.53 bits per heavy atom. The lowest BCUT2D eigenvalue weighted by atomic mass is 9.89. The van der Waals surface area contributed by atoms with Gasteiger partial charge in [-0.25, -0.2) is 23.2 Å². The number of nitrogens with one attached hydrogen (secondary N) is 2. The molecule has 2 saturated heterocycles. The zero-order chi connectivity index (χ0) is 32.0. The van der Waals surface area contributed by atoms with Crippen molar-refractivity contribution in [2.45, 2.75) is 44.7 Å². The number of amides is 1. The average molecular weight is 638 g/mol. The third kappa shape index (κ3) is 7.39. The normalized spacial score (nSPS) is 17.1. The highest BCUT2D eigenvalue weighted by Gasteiger charge is 2.49. The van der Waals surface area contributed by atoms with Crippen LogP contribution in [-0.4, -0.2) is 94.2 Å². The molecule has 0 saturated carbocycles. The van der Waals surface area contributed by atoms with E-state index in [0.29, 0.717) is 54.4 Å². The monoisotopic (exact) mass is 637 g/mol. The summed E-state index contributed by atoms with van der Waals surface area (Å²) in [5, 5.41) is 21.6. The van der Waals surface area contributed by atoms with Gasteiger partial charge in [0.1, 0.15) is 5.54 Å². The molecular weight excluding hydrogens is 602 g/mol. The molecule has 2 aromatic heterocycles. The van der Waals surface area contributed by atoms with Crippen LogP contribution >= 0.6 is 0 Å². The lowest BCUT2D eigenvalue weighted by Crippen LogP contribution is -2.64. The molecule has 15 nitrogen and oxygen atoms in total. The maximum atomic E-state index is 12.8. The smallest absolute Gasteiger partial charge is 0.433 e. The fraction of sp³-hybridized carbons (Fsp3) is 0.448. The van der Waals surface area contributed by atoms with Crippen LogP contribution in [0.15, 0.2) is 48.9 Å². The minimum Gasteiger partial charge on any atom is -0.433 e. The van der Waals surface area contributed by atoms with Crippen molar-refractivity contribution in [1.82, 2.24) is 34.4 Å². The summed E-state index contributed by atoms with van der Waals surface area (Å²) < 4.78 is 32.3. The summed E-state index contributed by atoms with van der Waals surface area (Å²) in [6.07, 6.45) is 5.68. The fourth-order valence-corrected chi connectivity index (χ4v) is 6.45. The van der Waals surface area contributed by atoms with Gasteiger partial charge in [0.15, 0.2) is 0 Å². The van der Waals surface area contributed by atoms with Crippen molar-refractivity contribution in [2.24, 2.45) is 0 Å². The number of hydrogen-bond donors (Lipinski definition) is 2. The lowest BCUT2D eigenvalue weighted by Gasteiger charge is -2.47. The van der Waals surface area contributed by atoms with Crippen molar-refractivity contribution in [1.29, 1.82) is 5.26 Å². The van der Waals surface area contributed by atoms with Crippen LogP contribution in [0.1, 0.15) is 43.5 Å². The maximum Gasteiger partial charge on any atom is 0.527 e. The second-order valence-electron chi connectivity index (χ2n) is 10.8. The highest BCUT2D eigenvalue weighted by Crippen LogP contribution is 2.35. The molecule has 0 radical (unpaired) electrons. The van der Waals surface area contributed by atoms with Gasteiger partial charge >= 0.3 is 6.16 Å². The number of piperidine rings is 1. The Morgan fingerprint density at radius 1 is 1.13 bits per heavy atom. The average Bonchev–Trinajstić information content (AvgIpc) is 3.51.